The van der Waals surface area contributed by atoms with Gasteiger partial charge in [-0.15, -0.1) is 0 Å². The third kappa shape index (κ3) is 4.46. The first-order chi connectivity index (χ1) is 9.16. The summed E-state index contributed by atoms with van der Waals surface area (Å²) in [6.07, 6.45) is 8.46. The van der Waals surface area contributed by atoms with Crippen molar-refractivity contribution in [2.24, 2.45) is 11.8 Å². The lowest BCUT2D eigenvalue weighted by Crippen LogP contribution is -2.60. The van der Waals surface area contributed by atoms with Gasteiger partial charge in [0.25, 0.3) is 0 Å². The molecule has 2 fully saturated rings. The molecule has 0 aromatic rings. The van der Waals surface area contributed by atoms with Crippen LogP contribution in [0.2, 0.25) is 0 Å². The quantitative estimate of drug-likeness (QED) is 0.796. The second-order valence-corrected chi connectivity index (χ2v) is 9.20. The van der Waals surface area contributed by atoms with Gasteiger partial charge in [0.15, 0.2) is 0 Å². The van der Waals surface area contributed by atoms with Gasteiger partial charge in [-0.05, 0) is 66.2 Å². The van der Waals surface area contributed by atoms with Crippen molar-refractivity contribution in [1.29, 1.82) is 0 Å². The summed E-state index contributed by atoms with van der Waals surface area (Å²) in [5.74, 6) is 1.77. The van der Waals surface area contributed by atoms with Crippen LogP contribution in [0.15, 0.2) is 0 Å². The zero-order valence-electron chi connectivity index (χ0n) is 14.6. The molecule has 0 aromatic heterocycles. The van der Waals surface area contributed by atoms with Crippen LogP contribution in [-0.4, -0.2) is 23.2 Å². The Hall–Kier alpha value is -0.0800. The minimum absolute atomic E-state index is 0.232. The first-order valence-corrected chi connectivity index (χ1v) is 8.71. The Morgan fingerprint density at radius 1 is 0.650 bits per heavy atom. The van der Waals surface area contributed by atoms with Crippen LogP contribution in [0.1, 0.15) is 80.1 Å². The smallest absolute Gasteiger partial charge is 0.0118 e. The SMILES string of the molecule is CC(C)(C)NC1CCCC2CCCC(NC(C)(C)C)C21. The summed E-state index contributed by atoms with van der Waals surface area (Å²) in [7, 11) is 0. The average Bonchev–Trinajstić information content (AvgIpc) is 2.25. The Labute approximate surface area is 126 Å². The van der Waals surface area contributed by atoms with E-state index in [4.69, 9.17) is 0 Å². The van der Waals surface area contributed by atoms with Crippen LogP contribution in [0.25, 0.3) is 0 Å². The predicted molar refractivity (Wildman–Crippen MR) is 88.0 cm³/mol. The molecule has 0 aromatic carbocycles. The topological polar surface area (TPSA) is 24.1 Å². The number of rotatable bonds is 2. The number of fused-ring (bicyclic) bond motifs is 1. The minimum Gasteiger partial charge on any atom is -0.309 e. The Morgan fingerprint density at radius 2 is 1.05 bits per heavy atom. The molecule has 0 amide bonds. The fourth-order valence-corrected chi connectivity index (χ4v) is 4.50. The highest BCUT2D eigenvalue weighted by molar-refractivity contribution is 4.99. The summed E-state index contributed by atoms with van der Waals surface area (Å²) in [6.45, 7) is 13.9. The zero-order chi connectivity index (χ0) is 15.0. The van der Waals surface area contributed by atoms with Gasteiger partial charge in [-0.1, -0.05) is 25.7 Å². The molecular weight excluding hydrogens is 244 g/mol. The molecule has 118 valence electrons. The van der Waals surface area contributed by atoms with E-state index < -0.39 is 0 Å². The van der Waals surface area contributed by atoms with E-state index in [0.717, 1.165) is 11.8 Å². The number of nitrogens with one attached hydrogen (secondary N) is 2. The van der Waals surface area contributed by atoms with Crippen LogP contribution >= 0.6 is 0 Å². The van der Waals surface area contributed by atoms with Gasteiger partial charge in [-0.3, -0.25) is 0 Å². The van der Waals surface area contributed by atoms with E-state index in [1.165, 1.54) is 38.5 Å². The van der Waals surface area contributed by atoms with E-state index in [1.54, 1.807) is 0 Å². The molecule has 2 aliphatic carbocycles. The van der Waals surface area contributed by atoms with Crippen molar-refractivity contribution < 1.29 is 0 Å². The van der Waals surface area contributed by atoms with Crippen molar-refractivity contribution >= 4 is 0 Å². The van der Waals surface area contributed by atoms with E-state index in [-0.39, 0.29) is 11.1 Å². The van der Waals surface area contributed by atoms with Crippen molar-refractivity contribution in [3.63, 3.8) is 0 Å². The van der Waals surface area contributed by atoms with E-state index in [1.807, 2.05) is 0 Å². The summed E-state index contributed by atoms with van der Waals surface area (Å²) < 4.78 is 0. The molecule has 2 N–H and O–H groups in total. The third-order valence-corrected chi connectivity index (χ3v) is 4.89. The lowest BCUT2D eigenvalue weighted by atomic mass is 9.65. The summed E-state index contributed by atoms with van der Waals surface area (Å²) in [4.78, 5) is 0. The second kappa shape index (κ2) is 5.96. The average molecular weight is 280 g/mol. The highest BCUT2D eigenvalue weighted by Gasteiger charge is 2.42. The molecule has 2 nitrogen and oxygen atoms in total. The van der Waals surface area contributed by atoms with Gasteiger partial charge in [0.05, 0.1) is 0 Å². The molecule has 2 aliphatic rings. The Balaban J connectivity index is 2.12. The monoisotopic (exact) mass is 280 g/mol. The minimum atomic E-state index is 0.232. The van der Waals surface area contributed by atoms with Crippen molar-refractivity contribution in [3.05, 3.63) is 0 Å². The molecule has 2 atom stereocenters. The van der Waals surface area contributed by atoms with Crippen molar-refractivity contribution in [3.8, 4) is 0 Å². The highest BCUT2D eigenvalue weighted by atomic mass is 15.0. The standard InChI is InChI=1S/C18H36N2/c1-17(2,3)19-14-11-7-9-13-10-8-12-15(16(13)14)20-18(4,5)6/h13-16,19-20H,7-12H2,1-6H3. The molecule has 2 heteroatoms. The van der Waals surface area contributed by atoms with E-state index in [9.17, 15) is 0 Å². The maximum absolute atomic E-state index is 3.93. The third-order valence-electron chi connectivity index (χ3n) is 4.89. The van der Waals surface area contributed by atoms with E-state index in [0.29, 0.717) is 12.1 Å². The summed E-state index contributed by atoms with van der Waals surface area (Å²) >= 11 is 0. The fraction of sp³-hybridized carbons (Fsp3) is 1.00. The van der Waals surface area contributed by atoms with Crippen LogP contribution in [0.5, 0.6) is 0 Å². The largest absolute Gasteiger partial charge is 0.309 e. The van der Waals surface area contributed by atoms with E-state index >= 15 is 0 Å². The van der Waals surface area contributed by atoms with Crippen molar-refractivity contribution in [1.82, 2.24) is 10.6 Å². The molecule has 0 radical (unpaired) electrons. The number of hydrogen-bond acceptors (Lipinski definition) is 2. The fourth-order valence-electron chi connectivity index (χ4n) is 4.50. The van der Waals surface area contributed by atoms with Crippen LogP contribution < -0.4 is 10.6 Å². The summed E-state index contributed by atoms with van der Waals surface area (Å²) in [5.41, 5.74) is 0.465. The van der Waals surface area contributed by atoms with Crippen LogP contribution in [0.3, 0.4) is 0 Å². The van der Waals surface area contributed by atoms with Gasteiger partial charge in [-0.25, -0.2) is 0 Å². The second-order valence-electron chi connectivity index (χ2n) is 9.20. The van der Waals surface area contributed by atoms with Gasteiger partial charge in [0, 0.05) is 23.2 Å². The molecule has 0 bridgehead atoms. The Kier molecular flexibility index (Phi) is 4.86. The molecule has 20 heavy (non-hydrogen) atoms. The Morgan fingerprint density at radius 3 is 1.40 bits per heavy atom. The van der Waals surface area contributed by atoms with Crippen LogP contribution in [-0.2, 0) is 0 Å². The van der Waals surface area contributed by atoms with Crippen molar-refractivity contribution in [2.75, 3.05) is 0 Å². The first-order valence-electron chi connectivity index (χ1n) is 8.71. The molecule has 0 aliphatic heterocycles. The lowest BCUT2D eigenvalue weighted by molar-refractivity contribution is 0.0655. The van der Waals surface area contributed by atoms with Gasteiger partial charge >= 0.3 is 0 Å². The maximum Gasteiger partial charge on any atom is 0.0118 e. The highest BCUT2D eigenvalue weighted by Crippen LogP contribution is 2.41. The molecular formula is C18H36N2. The number of hydrogen-bond donors (Lipinski definition) is 2. The molecule has 0 heterocycles. The predicted octanol–water partition coefficient (Wildman–Crippen LogP) is 4.10. The molecule has 0 spiro atoms. The molecule has 2 rings (SSSR count). The normalized spacial score (nSPS) is 35.7. The van der Waals surface area contributed by atoms with Gasteiger partial charge < -0.3 is 10.6 Å². The molecule has 2 saturated carbocycles. The lowest BCUT2D eigenvalue weighted by Gasteiger charge is -2.50. The summed E-state index contributed by atoms with van der Waals surface area (Å²) in [5, 5.41) is 7.87. The summed E-state index contributed by atoms with van der Waals surface area (Å²) in [6, 6.07) is 1.41. The molecule has 2 unspecified atom stereocenters. The first kappa shape index (κ1) is 16.3. The van der Waals surface area contributed by atoms with Gasteiger partial charge in [0.1, 0.15) is 0 Å². The van der Waals surface area contributed by atoms with Crippen LogP contribution in [0, 0.1) is 11.8 Å². The van der Waals surface area contributed by atoms with Gasteiger partial charge in [-0.2, -0.15) is 0 Å². The zero-order valence-corrected chi connectivity index (χ0v) is 14.6. The maximum atomic E-state index is 3.93. The van der Waals surface area contributed by atoms with Gasteiger partial charge in [0.2, 0.25) is 0 Å². The Bertz CT molecular complexity index is 280. The van der Waals surface area contributed by atoms with Crippen LogP contribution in [0.4, 0.5) is 0 Å². The van der Waals surface area contributed by atoms with E-state index in [2.05, 4.69) is 52.2 Å². The van der Waals surface area contributed by atoms with Crippen molar-refractivity contribution in [2.45, 2.75) is 103 Å². The molecule has 0 saturated heterocycles.